The Morgan fingerprint density at radius 2 is 2.14 bits per heavy atom. The second-order valence-corrected chi connectivity index (χ2v) is 5.82. The summed E-state index contributed by atoms with van der Waals surface area (Å²) in [6.07, 6.45) is 3.65. The van der Waals surface area contributed by atoms with Crippen molar-refractivity contribution >= 4 is 11.6 Å². The molecule has 1 saturated heterocycles. The molecule has 2 N–H and O–H groups in total. The zero-order valence-electron chi connectivity index (χ0n) is 13.4. The average molecular weight is 289 g/mol. The third kappa shape index (κ3) is 4.21. The minimum absolute atomic E-state index is 0.0299. The van der Waals surface area contributed by atoms with Crippen molar-refractivity contribution in [3.05, 3.63) is 29.3 Å². The van der Waals surface area contributed by atoms with Crippen LogP contribution in [0, 0.1) is 6.92 Å². The van der Waals surface area contributed by atoms with Crippen LogP contribution in [-0.2, 0) is 0 Å². The zero-order valence-corrected chi connectivity index (χ0v) is 13.4. The predicted octanol–water partition coefficient (Wildman–Crippen LogP) is 2.64. The van der Waals surface area contributed by atoms with E-state index in [1.807, 2.05) is 18.2 Å². The van der Waals surface area contributed by atoms with Crippen LogP contribution in [0.15, 0.2) is 18.2 Å². The summed E-state index contributed by atoms with van der Waals surface area (Å²) >= 11 is 0. The lowest BCUT2D eigenvalue weighted by atomic mass is 10.1. The van der Waals surface area contributed by atoms with Crippen LogP contribution in [0.4, 0.5) is 5.69 Å². The first-order valence-corrected chi connectivity index (χ1v) is 7.95. The van der Waals surface area contributed by atoms with Crippen molar-refractivity contribution in [2.75, 3.05) is 32.0 Å². The number of likely N-dealkylation sites (tertiary alicyclic amines) is 1. The van der Waals surface area contributed by atoms with E-state index in [-0.39, 0.29) is 5.91 Å². The summed E-state index contributed by atoms with van der Waals surface area (Å²) in [6, 6.07) is 6.41. The molecular weight excluding hydrogens is 262 g/mol. The first-order chi connectivity index (χ1) is 10.1. The number of anilines is 1. The van der Waals surface area contributed by atoms with E-state index in [0.29, 0.717) is 6.04 Å². The normalized spacial score (nSPS) is 19.9. The monoisotopic (exact) mass is 289 g/mol. The highest BCUT2D eigenvalue weighted by Crippen LogP contribution is 2.21. The molecule has 0 aromatic heterocycles. The number of benzene rings is 1. The molecule has 21 heavy (non-hydrogen) atoms. The SMILES string of the molecule is CCN1CCCC(Nc2ccc(C(=O)NC)cc2C)CC1. The van der Waals surface area contributed by atoms with Crippen molar-refractivity contribution in [1.82, 2.24) is 10.2 Å². The molecule has 1 heterocycles. The van der Waals surface area contributed by atoms with Gasteiger partial charge in [0.2, 0.25) is 0 Å². The van der Waals surface area contributed by atoms with E-state index in [2.05, 4.69) is 29.4 Å². The van der Waals surface area contributed by atoms with Gasteiger partial charge in [-0.05, 0) is 63.0 Å². The highest BCUT2D eigenvalue weighted by atomic mass is 16.1. The summed E-state index contributed by atoms with van der Waals surface area (Å²) < 4.78 is 0. The Labute approximate surface area is 127 Å². The molecule has 1 aliphatic rings. The van der Waals surface area contributed by atoms with Crippen molar-refractivity contribution in [2.45, 2.75) is 39.2 Å². The molecule has 0 radical (unpaired) electrons. The number of hydrogen-bond donors (Lipinski definition) is 2. The van der Waals surface area contributed by atoms with Crippen LogP contribution in [0.25, 0.3) is 0 Å². The maximum absolute atomic E-state index is 11.6. The smallest absolute Gasteiger partial charge is 0.251 e. The highest BCUT2D eigenvalue weighted by Gasteiger charge is 2.16. The minimum atomic E-state index is -0.0299. The van der Waals surface area contributed by atoms with Crippen molar-refractivity contribution in [1.29, 1.82) is 0 Å². The molecule has 1 fully saturated rings. The van der Waals surface area contributed by atoms with Crippen molar-refractivity contribution < 1.29 is 4.79 Å². The molecular formula is C17H27N3O. The summed E-state index contributed by atoms with van der Waals surface area (Å²) in [5.41, 5.74) is 3.00. The lowest BCUT2D eigenvalue weighted by molar-refractivity contribution is 0.0963. The quantitative estimate of drug-likeness (QED) is 0.895. The van der Waals surface area contributed by atoms with Crippen LogP contribution in [0.3, 0.4) is 0 Å². The van der Waals surface area contributed by atoms with Crippen LogP contribution in [0.1, 0.15) is 42.1 Å². The molecule has 1 aromatic rings. The molecule has 0 spiro atoms. The standard InChI is InChI=1S/C17H27N3O/c1-4-20-10-5-6-15(9-11-20)19-16-8-7-14(12-13(16)2)17(21)18-3/h7-8,12,15,19H,4-6,9-11H2,1-3H3,(H,18,21). The molecule has 1 amide bonds. The summed E-state index contributed by atoms with van der Waals surface area (Å²) in [4.78, 5) is 14.2. The molecule has 4 nitrogen and oxygen atoms in total. The fourth-order valence-electron chi connectivity index (χ4n) is 2.95. The maximum Gasteiger partial charge on any atom is 0.251 e. The molecule has 1 unspecified atom stereocenters. The third-order valence-electron chi connectivity index (χ3n) is 4.34. The van der Waals surface area contributed by atoms with Gasteiger partial charge in [0.15, 0.2) is 0 Å². The van der Waals surface area contributed by atoms with Crippen molar-refractivity contribution in [3.63, 3.8) is 0 Å². The zero-order chi connectivity index (χ0) is 15.2. The maximum atomic E-state index is 11.6. The van der Waals surface area contributed by atoms with Crippen LogP contribution in [0.5, 0.6) is 0 Å². The molecule has 116 valence electrons. The molecule has 1 aliphatic heterocycles. The molecule has 1 aromatic carbocycles. The van der Waals surface area contributed by atoms with E-state index >= 15 is 0 Å². The Kier molecular flexibility index (Phi) is 5.62. The summed E-state index contributed by atoms with van der Waals surface area (Å²) in [5.74, 6) is -0.0299. The summed E-state index contributed by atoms with van der Waals surface area (Å²) in [6.45, 7) is 7.82. The number of nitrogens with zero attached hydrogens (tertiary/aromatic N) is 1. The number of carbonyl (C=O) groups excluding carboxylic acids is 1. The second kappa shape index (κ2) is 7.46. The Hall–Kier alpha value is -1.55. The molecule has 0 aliphatic carbocycles. The molecule has 2 rings (SSSR count). The molecule has 1 atom stereocenters. The number of rotatable bonds is 4. The fourth-order valence-corrected chi connectivity index (χ4v) is 2.95. The summed E-state index contributed by atoms with van der Waals surface area (Å²) in [5, 5.41) is 6.32. The average Bonchev–Trinajstić information content (AvgIpc) is 2.73. The molecule has 0 saturated carbocycles. The Bertz CT molecular complexity index is 487. The van der Waals surface area contributed by atoms with Gasteiger partial charge in [-0.25, -0.2) is 0 Å². The number of hydrogen-bond acceptors (Lipinski definition) is 3. The van der Waals surface area contributed by atoms with E-state index in [0.717, 1.165) is 23.4 Å². The summed E-state index contributed by atoms with van der Waals surface area (Å²) in [7, 11) is 1.66. The van der Waals surface area contributed by atoms with E-state index in [9.17, 15) is 4.79 Å². The largest absolute Gasteiger partial charge is 0.382 e. The van der Waals surface area contributed by atoms with Crippen LogP contribution in [-0.4, -0.2) is 43.5 Å². The Balaban J connectivity index is 2.01. The Morgan fingerprint density at radius 3 is 2.81 bits per heavy atom. The van der Waals surface area contributed by atoms with Crippen LogP contribution < -0.4 is 10.6 Å². The van der Waals surface area contributed by atoms with Crippen molar-refractivity contribution in [3.8, 4) is 0 Å². The van der Waals surface area contributed by atoms with Crippen molar-refractivity contribution in [2.24, 2.45) is 0 Å². The minimum Gasteiger partial charge on any atom is -0.382 e. The fraction of sp³-hybridized carbons (Fsp3) is 0.588. The van der Waals surface area contributed by atoms with E-state index in [1.54, 1.807) is 7.05 Å². The molecule has 4 heteroatoms. The van der Waals surface area contributed by atoms with Gasteiger partial charge in [0.1, 0.15) is 0 Å². The van der Waals surface area contributed by atoms with Gasteiger partial charge >= 0.3 is 0 Å². The number of carbonyl (C=O) groups is 1. The molecule has 0 bridgehead atoms. The first kappa shape index (κ1) is 15.8. The van der Waals surface area contributed by atoms with Crippen LogP contribution >= 0.6 is 0 Å². The van der Waals surface area contributed by atoms with Gasteiger partial charge in [0.05, 0.1) is 0 Å². The van der Waals surface area contributed by atoms with Gasteiger partial charge < -0.3 is 15.5 Å². The van der Waals surface area contributed by atoms with E-state index in [1.165, 1.54) is 32.4 Å². The number of amides is 1. The Morgan fingerprint density at radius 1 is 1.33 bits per heavy atom. The topological polar surface area (TPSA) is 44.4 Å². The predicted molar refractivity (Wildman–Crippen MR) is 87.9 cm³/mol. The van der Waals surface area contributed by atoms with Gasteiger partial charge in [-0.15, -0.1) is 0 Å². The van der Waals surface area contributed by atoms with Gasteiger partial charge in [0.25, 0.3) is 5.91 Å². The van der Waals surface area contributed by atoms with Gasteiger partial charge in [-0.2, -0.15) is 0 Å². The van der Waals surface area contributed by atoms with Gasteiger partial charge in [0, 0.05) is 30.9 Å². The first-order valence-electron chi connectivity index (χ1n) is 7.95. The van der Waals surface area contributed by atoms with E-state index < -0.39 is 0 Å². The third-order valence-corrected chi connectivity index (χ3v) is 4.34. The number of aryl methyl sites for hydroxylation is 1. The lowest BCUT2D eigenvalue weighted by Crippen LogP contribution is -2.26. The van der Waals surface area contributed by atoms with Gasteiger partial charge in [-0.3, -0.25) is 4.79 Å². The number of nitrogens with one attached hydrogen (secondary N) is 2. The lowest BCUT2D eigenvalue weighted by Gasteiger charge is -2.20. The second-order valence-electron chi connectivity index (χ2n) is 5.82. The van der Waals surface area contributed by atoms with Gasteiger partial charge in [-0.1, -0.05) is 6.92 Å². The highest BCUT2D eigenvalue weighted by molar-refractivity contribution is 5.94. The van der Waals surface area contributed by atoms with Crippen LogP contribution in [0.2, 0.25) is 0 Å². The van der Waals surface area contributed by atoms with E-state index in [4.69, 9.17) is 0 Å².